The molecule has 98 valence electrons. The zero-order valence-corrected chi connectivity index (χ0v) is 11.3. The molecule has 0 spiro atoms. The number of piperidine rings is 1. The fourth-order valence-electron chi connectivity index (χ4n) is 1.98. The molecule has 0 bridgehead atoms. The number of nitrogens with one attached hydrogen (secondary N) is 1. The molecule has 0 aliphatic carbocycles. The summed E-state index contributed by atoms with van der Waals surface area (Å²) in [6.45, 7) is 7.53. The monoisotopic (exact) mass is 239 g/mol. The maximum absolute atomic E-state index is 10.8. The van der Waals surface area contributed by atoms with Crippen molar-refractivity contribution in [3.8, 4) is 0 Å². The summed E-state index contributed by atoms with van der Waals surface area (Å²) in [4.78, 5) is 10.8. The molecule has 3 nitrogen and oxygen atoms in total. The van der Waals surface area contributed by atoms with Crippen LogP contribution in [0.2, 0.25) is 0 Å². The lowest BCUT2D eigenvalue weighted by Crippen LogP contribution is -2.34. The molecule has 1 rings (SSSR count). The highest BCUT2D eigenvalue weighted by molar-refractivity contribution is 5.52. The van der Waals surface area contributed by atoms with Crippen molar-refractivity contribution in [1.29, 1.82) is 0 Å². The van der Waals surface area contributed by atoms with E-state index in [1.165, 1.54) is 19.3 Å². The first-order valence-electron chi connectivity index (χ1n) is 6.61. The molecule has 3 heteroatoms. The smallest absolute Gasteiger partial charge is 0.125 e. The van der Waals surface area contributed by atoms with Crippen LogP contribution in [-0.4, -0.2) is 30.7 Å². The molecule has 1 aliphatic heterocycles. The van der Waals surface area contributed by atoms with Crippen LogP contribution in [0.3, 0.4) is 0 Å². The van der Waals surface area contributed by atoms with Gasteiger partial charge in [-0.2, -0.15) is 0 Å². The Hall–Kier alpha value is -0.630. The largest absolute Gasteiger partial charge is 0.371 e. The van der Waals surface area contributed by atoms with Crippen molar-refractivity contribution in [3.05, 3.63) is 5.57 Å². The van der Waals surface area contributed by atoms with Gasteiger partial charge < -0.3 is 10.1 Å². The number of carbonyl (C=O) groups excluding carboxylic acids is 1. The van der Waals surface area contributed by atoms with Crippen molar-refractivity contribution < 1.29 is 9.53 Å². The van der Waals surface area contributed by atoms with Crippen molar-refractivity contribution in [1.82, 2.24) is 5.32 Å². The second-order valence-corrected chi connectivity index (χ2v) is 5.79. The summed E-state index contributed by atoms with van der Waals surface area (Å²) in [7, 11) is 0. The van der Waals surface area contributed by atoms with Gasteiger partial charge in [0.15, 0.2) is 0 Å². The molecular weight excluding hydrogens is 214 g/mol. The number of hydrogen-bond donors (Lipinski definition) is 1. The molecule has 1 saturated heterocycles. The molecule has 0 radical (unpaired) electrons. The Bertz CT molecular complexity index is 268. The molecule has 1 unspecified atom stereocenters. The van der Waals surface area contributed by atoms with Gasteiger partial charge in [-0.3, -0.25) is 0 Å². The van der Waals surface area contributed by atoms with Gasteiger partial charge >= 0.3 is 0 Å². The van der Waals surface area contributed by atoms with E-state index in [0.717, 1.165) is 25.0 Å². The molecule has 0 aromatic rings. The van der Waals surface area contributed by atoms with Crippen LogP contribution in [0.25, 0.3) is 0 Å². The van der Waals surface area contributed by atoms with E-state index in [0.29, 0.717) is 12.6 Å². The molecule has 1 aliphatic rings. The highest BCUT2D eigenvalue weighted by Crippen LogP contribution is 2.16. The lowest BCUT2D eigenvalue weighted by atomic mass is 9.98. The third-order valence-corrected chi connectivity index (χ3v) is 3.03. The third-order valence-electron chi connectivity index (χ3n) is 3.03. The summed E-state index contributed by atoms with van der Waals surface area (Å²) in [5, 5.41) is 3.49. The van der Waals surface area contributed by atoms with Gasteiger partial charge in [0.2, 0.25) is 0 Å². The average Bonchev–Trinajstić information content (AvgIpc) is 2.29. The summed E-state index contributed by atoms with van der Waals surface area (Å²) in [5.74, 6) is 2.03. The van der Waals surface area contributed by atoms with Crippen LogP contribution in [0.1, 0.15) is 52.9 Å². The zero-order chi connectivity index (χ0) is 12.7. The molecule has 0 saturated carbocycles. The molecular formula is C14H25NO2. The van der Waals surface area contributed by atoms with Crippen LogP contribution >= 0.6 is 0 Å². The van der Waals surface area contributed by atoms with Crippen molar-refractivity contribution >= 4 is 5.94 Å². The minimum Gasteiger partial charge on any atom is -0.371 e. The molecule has 0 aromatic heterocycles. The zero-order valence-electron chi connectivity index (χ0n) is 11.3. The second kappa shape index (κ2) is 6.95. The molecule has 1 atom stereocenters. The van der Waals surface area contributed by atoms with Crippen LogP contribution in [0.4, 0.5) is 0 Å². The molecule has 0 amide bonds. The van der Waals surface area contributed by atoms with Crippen LogP contribution < -0.4 is 5.32 Å². The summed E-state index contributed by atoms with van der Waals surface area (Å²) in [5.41, 5.74) is 0.567. The van der Waals surface area contributed by atoms with E-state index in [-0.39, 0.29) is 5.60 Å². The Morgan fingerprint density at radius 2 is 2.18 bits per heavy atom. The summed E-state index contributed by atoms with van der Waals surface area (Å²) in [6, 6.07) is 0.571. The van der Waals surface area contributed by atoms with E-state index in [9.17, 15) is 4.79 Å². The minimum atomic E-state index is -0.189. The Morgan fingerprint density at radius 3 is 2.71 bits per heavy atom. The van der Waals surface area contributed by atoms with E-state index >= 15 is 0 Å². The van der Waals surface area contributed by atoms with Crippen LogP contribution in [-0.2, 0) is 9.53 Å². The van der Waals surface area contributed by atoms with Crippen molar-refractivity contribution in [2.75, 3.05) is 13.2 Å². The van der Waals surface area contributed by atoms with Crippen LogP contribution in [0, 0.1) is 0 Å². The van der Waals surface area contributed by atoms with E-state index in [1.54, 1.807) is 0 Å². The maximum atomic E-state index is 10.8. The Kier molecular flexibility index (Phi) is 5.90. The lowest BCUT2D eigenvalue weighted by molar-refractivity contribution is 0.0104. The van der Waals surface area contributed by atoms with Crippen molar-refractivity contribution in [2.24, 2.45) is 0 Å². The first-order valence-corrected chi connectivity index (χ1v) is 6.61. The van der Waals surface area contributed by atoms with Gasteiger partial charge in [0.05, 0.1) is 12.2 Å². The third kappa shape index (κ3) is 6.62. The molecule has 0 aromatic carbocycles. The topological polar surface area (TPSA) is 38.3 Å². The highest BCUT2D eigenvalue weighted by Gasteiger charge is 2.15. The first kappa shape index (κ1) is 14.4. The molecule has 1 heterocycles. The standard InChI is InChI=1S/C14H25NO2/c1-14(2,3)17-11-12(10-16)7-8-13-6-4-5-9-15-13/h13,15H,4-9,11H2,1-3H3. The predicted octanol–water partition coefficient (Wildman–Crippen LogP) is 2.48. The molecule has 1 N–H and O–H groups in total. The molecule has 17 heavy (non-hydrogen) atoms. The van der Waals surface area contributed by atoms with Gasteiger partial charge in [-0.05, 0) is 53.0 Å². The summed E-state index contributed by atoms with van der Waals surface area (Å²) in [6.07, 6.45) is 5.64. The van der Waals surface area contributed by atoms with Crippen LogP contribution in [0.5, 0.6) is 0 Å². The SMILES string of the molecule is CC(C)(C)OCC(=C=O)CCC1CCCCN1. The minimum absolute atomic E-state index is 0.189. The fraction of sp³-hybridized carbons (Fsp3) is 0.857. The lowest BCUT2D eigenvalue weighted by Gasteiger charge is -2.24. The van der Waals surface area contributed by atoms with Crippen molar-refractivity contribution in [2.45, 2.75) is 64.5 Å². The average molecular weight is 239 g/mol. The number of ether oxygens (including phenoxy) is 1. The first-order chi connectivity index (χ1) is 8.01. The fourth-order valence-corrected chi connectivity index (χ4v) is 1.98. The Labute approximate surface area is 105 Å². The van der Waals surface area contributed by atoms with E-state index in [1.807, 2.05) is 26.7 Å². The van der Waals surface area contributed by atoms with Gasteiger partial charge in [-0.25, -0.2) is 4.79 Å². The number of hydrogen-bond acceptors (Lipinski definition) is 3. The van der Waals surface area contributed by atoms with Crippen molar-refractivity contribution in [3.63, 3.8) is 0 Å². The predicted molar refractivity (Wildman–Crippen MR) is 69.8 cm³/mol. The highest BCUT2D eigenvalue weighted by atomic mass is 16.5. The van der Waals surface area contributed by atoms with E-state index < -0.39 is 0 Å². The summed E-state index contributed by atoms with van der Waals surface area (Å²) < 4.78 is 5.60. The Balaban J connectivity index is 2.25. The van der Waals surface area contributed by atoms with Crippen LogP contribution in [0.15, 0.2) is 5.57 Å². The summed E-state index contributed by atoms with van der Waals surface area (Å²) >= 11 is 0. The molecule has 1 fully saturated rings. The van der Waals surface area contributed by atoms with Gasteiger partial charge in [0.25, 0.3) is 0 Å². The van der Waals surface area contributed by atoms with Gasteiger partial charge in [-0.1, -0.05) is 6.42 Å². The second-order valence-electron chi connectivity index (χ2n) is 5.79. The van der Waals surface area contributed by atoms with E-state index in [2.05, 4.69) is 5.32 Å². The number of rotatable bonds is 5. The van der Waals surface area contributed by atoms with Gasteiger partial charge in [0, 0.05) is 11.6 Å². The normalized spacial score (nSPS) is 21.0. The van der Waals surface area contributed by atoms with Gasteiger partial charge in [0.1, 0.15) is 5.94 Å². The Morgan fingerprint density at radius 1 is 1.41 bits per heavy atom. The maximum Gasteiger partial charge on any atom is 0.125 e. The van der Waals surface area contributed by atoms with Gasteiger partial charge in [-0.15, -0.1) is 0 Å². The van der Waals surface area contributed by atoms with E-state index in [4.69, 9.17) is 4.74 Å². The quantitative estimate of drug-likeness (QED) is 0.749.